The molecule has 48 valence electrons. The summed E-state index contributed by atoms with van der Waals surface area (Å²) in [5.41, 5.74) is 8.98. The van der Waals surface area contributed by atoms with E-state index in [0.717, 1.165) is 6.42 Å². The van der Waals surface area contributed by atoms with Gasteiger partial charge in [0.15, 0.2) is 0 Å². The summed E-state index contributed by atoms with van der Waals surface area (Å²) in [6.45, 7) is 4.30. The van der Waals surface area contributed by atoms with E-state index < -0.39 is 0 Å². The second-order valence-electron chi connectivity index (χ2n) is 2.56. The molecule has 0 aliphatic heterocycles. The summed E-state index contributed by atoms with van der Waals surface area (Å²) in [5.74, 6) is 0. The zero-order chi connectivity index (χ0) is 6.69. The standard InChI is InChI=1S/C9H12/c1-3-4-9-6-5-8(2)7-9/h3-4,7H2,1-2H3. The molecule has 0 heterocycles. The Bertz CT molecular complexity index is 196. The van der Waals surface area contributed by atoms with Crippen LogP contribution in [0.2, 0.25) is 0 Å². The van der Waals surface area contributed by atoms with Crippen molar-refractivity contribution in [3.05, 3.63) is 22.6 Å². The molecular weight excluding hydrogens is 108 g/mol. The van der Waals surface area contributed by atoms with Gasteiger partial charge in [0.25, 0.3) is 0 Å². The first-order valence-electron chi connectivity index (χ1n) is 3.52. The first-order chi connectivity index (χ1) is 4.33. The van der Waals surface area contributed by atoms with Crippen LogP contribution in [-0.2, 0) is 0 Å². The average Bonchev–Trinajstić information content (AvgIpc) is 2.17. The molecule has 1 rings (SSSR count). The van der Waals surface area contributed by atoms with Crippen LogP contribution in [0.3, 0.4) is 0 Å². The van der Waals surface area contributed by atoms with E-state index in [2.05, 4.69) is 25.3 Å². The van der Waals surface area contributed by atoms with Crippen LogP contribution in [0.1, 0.15) is 33.1 Å². The molecule has 0 fully saturated rings. The van der Waals surface area contributed by atoms with Gasteiger partial charge < -0.3 is 0 Å². The quantitative estimate of drug-likeness (QED) is 0.491. The third-order valence-corrected chi connectivity index (χ3v) is 1.48. The van der Waals surface area contributed by atoms with Gasteiger partial charge in [0.2, 0.25) is 0 Å². The van der Waals surface area contributed by atoms with Crippen LogP contribution in [0.4, 0.5) is 0 Å². The molecule has 0 aromatic heterocycles. The van der Waals surface area contributed by atoms with Gasteiger partial charge in [-0.05, 0) is 24.5 Å². The van der Waals surface area contributed by atoms with Crippen LogP contribution in [0.25, 0.3) is 0 Å². The van der Waals surface area contributed by atoms with E-state index >= 15 is 0 Å². The molecule has 0 N–H and O–H groups in total. The van der Waals surface area contributed by atoms with Crippen LogP contribution >= 0.6 is 0 Å². The Kier molecular flexibility index (Phi) is 1.95. The zero-order valence-electron chi connectivity index (χ0n) is 6.12. The zero-order valence-corrected chi connectivity index (χ0v) is 6.12. The molecule has 1 aliphatic rings. The largest absolute Gasteiger partial charge is 0.0711 e. The van der Waals surface area contributed by atoms with Crippen molar-refractivity contribution in [1.82, 2.24) is 0 Å². The maximum atomic E-state index is 3.14. The van der Waals surface area contributed by atoms with Crippen molar-refractivity contribution in [3.63, 3.8) is 0 Å². The number of hydrogen-bond acceptors (Lipinski definition) is 0. The van der Waals surface area contributed by atoms with Crippen molar-refractivity contribution in [1.29, 1.82) is 0 Å². The van der Waals surface area contributed by atoms with Crippen LogP contribution < -0.4 is 0 Å². The average molecular weight is 120 g/mol. The number of rotatable bonds is 2. The van der Waals surface area contributed by atoms with Gasteiger partial charge in [0.1, 0.15) is 0 Å². The Morgan fingerprint density at radius 2 is 2.22 bits per heavy atom. The molecule has 0 amide bonds. The molecule has 9 heavy (non-hydrogen) atoms. The predicted molar refractivity (Wildman–Crippen MR) is 39.3 cm³/mol. The molecule has 0 radical (unpaired) electrons. The second-order valence-corrected chi connectivity index (χ2v) is 2.56. The van der Waals surface area contributed by atoms with Gasteiger partial charge in [-0.15, -0.1) is 0 Å². The molecule has 0 saturated carbocycles. The lowest BCUT2D eigenvalue weighted by molar-refractivity contribution is 0.876. The summed E-state index contributed by atoms with van der Waals surface area (Å²) in [6, 6.07) is 0. The third-order valence-electron chi connectivity index (χ3n) is 1.48. The van der Waals surface area contributed by atoms with E-state index in [4.69, 9.17) is 0 Å². The highest BCUT2D eigenvalue weighted by molar-refractivity contribution is 5.19. The highest BCUT2D eigenvalue weighted by Crippen LogP contribution is 2.16. The van der Waals surface area contributed by atoms with Crippen molar-refractivity contribution >= 4 is 0 Å². The summed E-state index contributed by atoms with van der Waals surface area (Å²) in [5, 5.41) is 0. The highest BCUT2D eigenvalue weighted by atomic mass is 14.0. The Hall–Kier alpha value is -0.700. The van der Waals surface area contributed by atoms with Crippen LogP contribution in [0, 0.1) is 0 Å². The molecule has 0 bridgehead atoms. The maximum Gasteiger partial charge on any atom is 0.00541 e. The smallest absolute Gasteiger partial charge is 0.00541 e. The lowest BCUT2D eigenvalue weighted by Crippen LogP contribution is -1.78. The fourth-order valence-electron chi connectivity index (χ4n) is 1.06. The Morgan fingerprint density at radius 3 is 2.67 bits per heavy atom. The number of hydrogen-bond donors (Lipinski definition) is 0. The Balaban J connectivity index is 2.60. The Labute approximate surface area is 56.6 Å². The SMILES string of the molecule is CCCC1=C=C=C(C)C1. The van der Waals surface area contributed by atoms with Gasteiger partial charge in [-0.25, -0.2) is 0 Å². The van der Waals surface area contributed by atoms with Crippen LogP contribution in [0.15, 0.2) is 22.6 Å². The lowest BCUT2D eigenvalue weighted by atomic mass is 10.1. The summed E-state index contributed by atoms with van der Waals surface area (Å²) in [4.78, 5) is 0. The molecule has 0 aromatic rings. The van der Waals surface area contributed by atoms with Crippen molar-refractivity contribution in [2.24, 2.45) is 0 Å². The molecule has 0 unspecified atom stereocenters. The van der Waals surface area contributed by atoms with Crippen molar-refractivity contribution in [3.8, 4) is 0 Å². The van der Waals surface area contributed by atoms with Crippen molar-refractivity contribution < 1.29 is 0 Å². The molecule has 0 saturated heterocycles. The van der Waals surface area contributed by atoms with Gasteiger partial charge in [0, 0.05) is 6.42 Å². The molecule has 1 aliphatic carbocycles. The maximum absolute atomic E-state index is 3.14. The first kappa shape index (κ1) is 6.42. The summed E-state index contributed by atoms with van der Waals surface area (Å²) < 4.78 is 0. The van der Waals surface area contributed by atoms with E-state index in [0.29, 0.717) is 0 Å². The molecule has 0 atom stereocenters. The predicted octanol–water partition coefficient (Wildman–Crippen LogP) is 2.82. The monoisotopic (exact) mass is 120 g/mol. The summed E-state index contributed by atoms with van der Waals surface area (Å²) >= 11 is 0. The first-order valence-corrected chi connectivity index (χ1v) is 3.52. The van der Waals surface area contributed by atoms with Crippen LogP contribution in [-0.4, -0.2) is 0 Å². The number of allylic oxidation sites excluding steroid dienone is 2. The second kappa shape index (κ2) is 2.73. The van der Waals surface area contributed by atoms with Crippen LogP contribution in [0.5, 0.6) is 0 Å². The minimum Gasteiger partial charge on any atom is -0.0711 e. The van der Waals surface area contributed by atoms with E-state index in [9.17, 15) is 0 Å². The van der Waals surface area contributed by atoms with Gasteiger partial charge in [0.05, 0.1) is 0 Å². The van der Waals surface area contributed by atoms with Gasteiger partial charge in [-0.2, -0.15) is 0 Å². The normalized spacial score (nSPS) is 15.8. The molecule has 0 spiro atoms. The summed E-state index contributed by atoms with van der Waals surface area (Å²) in [6.07, 6.45) is 3.55. The minimum atomic E-state index is 1.12. The molecule has 0 aromatic carbocycles. The van der Waals surface area contributed by atoms with E-state index in [1.165, 1.54) is 24.0 Å². The molecule has 0 heteroatoms. The fourth-order valence-corrected chi connectivity index (χ4v) is 1.06. The van der Waals surface area contributed by atoms with Gasteiger partial charge in [-0.3, -0.25) is 0 Å². The summed E-state index contributed by atoms with van der Waals surface area (Å²) in [7, 11) is 0. The molecule has 0 nitrogen and oxygen atoms in total. The van der Waals surface area contributed by atoms with Crippen molar-refractivity contribution in [2.45, 2.75) is 33.1 Å². The third kappa shape index (κ3) is 1.61. The highest BCUT2D eigenvalue weighted by Gasteiger charge is 1.99. The fraction of sp³-hybridized carbons (Fsp3) is 0.556. The van der Waals surface area contributed by atoms with E-state index in [-0.39, 0.29) is 0 Å². The van der Waals surface area contributed by atoms with E-state index in [1.54, 1.807) is 0 Å². The van der Waals surface area contributed by atoms with E-state index in [1.807, 2.05) is 0 Å². The van der Waals surface area contributed by atoms with Crippen molar-refractivity contribution in [2.75, 3.05) is 0 Å². The lowest BCUT2D eigenvalue weighted by Gasteiger charge is -1.95. The van der Waals surface area contributed by atoms with Gasteiger partial charge >= 0.3 is 0 Å². The Morgan fingerprint density at radius 1 is 1.44 bits per heavy atom. The topological polar surface area (TPSA) is 0 Å². The van der Waals surface area contributed by atoms with Gasteiger partial charge in [-0.1, -0.05) is 24.8 Å². The molecular formula is C9H12. The minimum absolute atomic E-state index is 1.12.